The van der Waals surface area contributed by atoms with Crippen molar-refractivity contribution in [3.05, 3.63) is 47.8 Å². The van der Waals surface area contributed by atoms with Crippen LogP contribution in [0.2, 0.25) is 0 Å². The van der Waals surface area contributed by atoms with Crippen LogP contribution in [0.4, 0.5) is 13.2 Å². The zero-order chi connectivity index (χ0) is 18.9. The molecule has 26 heavy (non-hydrogen) atoms. The average molecular weight is 387 g/mol. The Morgan fingerprint density at radius 3 is 2.58 bits per heavy atom. The molecule has 1 aliphatic rings. The number of carbonyl (C=O) groups is 1. The minimum Gasteiger partial charge on any atom is -0.406 e. The predicted octanol–water partition coefficient (Wildman–Crippen LogP) is 2.26. The molecule has 1 saturated heterocycles. The number of halogens is 3. The van der Waals surface area contributed by atoms with E-state index in [1.165, 1.54) is 12.1 Å². The number of nitrogens with zero attached hydrogens (tertiary/aromatic N) is 3. The summed E-state index contributed by atoms with van der Waals surface area (Å²) in [5.41, 5.74) is 1.01. The molecule has 140 valence electrons. The standard InChI is InChI=1S/C16H16F3N3O3S/c1-21-9-12(8-20-21)14-10-26(24)7-6-22(14)15(23)11-2-4-13(5-3-11)25-16(17,18)19/h2-5,8-9,14H,6-7,10H2,1H3. The molecular weight excluding hydrogens is 371 g/mol. The molecule has 10 heteroatoms. The van der Waals surface area contributed by atoms with Gasteiger partial charge in [-0.05, 0) is 24.3 Å². The molecule has 3 rings (SSSR count). The molecular formula is C16H16F3N3O3S. The van der Waals surface area contributed by atoms with E-state index in [1.54, 1.807) is 29.0 Å². The largest absolute Gasteiger partial charge is 0.573 e. The van der Waals surface area contributed by atoms with E-state index in [2.05, 4.69) is 9.84 Å². The lowest BCUT2D eigenvalue weighted by molar-refractivity contribution is -0.274. The number of alkyl halides is 3. The maximum absolute atomic E-state index is 12.8. The first-order valence-electron chi connectivity index (χ1n) is 7.73. The van der Waals surface area contributed by atoms with Gasteiger partial charge in [0.15, 0.2) is 0 Å². The Morgan fingerprint density at radius 2 is 2.00 bits per heavy atom. The Balaban J connectivity index is 1.81. The lowest BCUT2D eigenvalue weighted by atomic mass is 10.1. The average Bonchev–Trinajstić information content (AvgIpc) is 3.00. The Kier molecular flexibility index (Phi) is 5.03. The topological polar surface area (TPSA) is 64.4 Å². The highest BCUT2D eigenvalue weighted by Gasteiger charge is 2.33. The molecule has 0 spiro atoms. The van der Waals surface area contributed by atoms with Crippen LogP contribution < -0.4 is 4.74 Å². The second kappa shape index (κ2) is 7.10. The van der Waals surface area contributed by atoms with E-state index in [0.29, 0.717) is 18.1 Å². The van der Waals surface area contributed by atoms with Crippen molar-refractivity contribution >= 4 is 16.7 Å². The molecule has 1 fully saturated rings. The number of rotatable bonds is 3. The first-order chi connectivity index (χ1) is 12.2. The van der Waals surface area contributed by atoms with Crippen molar-refractivity contribution in [2.45, 2.75) is 12.4 Å². The van der Waals surface area contributed by atoms with E-state index in [4.69, 9.17) is 0 Å². The second-order valence-corrected chi connectivity index (χ2v) is 7.47. The van der Waals surface area contributed by atoms with Crippen LogP contribution in [-0.2, 0) is 17.8 Å². The SMILES string of the molecule is Cn1cc(C2CS(=O)CCN2C(=O)c2ccc(OC(F)(F)F)cc2)cn1. The zero-order valence-electron chi connectivity index (χ0n) is 13.8. The minimum absolute atomic E-state index is 0.237. The summed E-state index contributed by atoms with van der Waals surface area (Å²) >= 11 is 0. The van der Waals surface area contributed by atoms with Crippen LogP contribution in [0.3, 0.4) is 0 Å². The number of hydrogen-bond donors (Lipinski definition) is 0. The molecule has 0 aliphatic carbocycles. The maximum Gasteiger partial charge on any atom is 0.573 e. The molecule has 1 aromatic heterocycles. The summed E-state index contributed by atoms with van der Waals surface area (Å²) in [6, 6.07) is 4.38. The number of aryl methyl sites for hydroxylation is 1. The Morgan fingerprint density at radius 1 is 1.31 bits per heavy atom. The van der Waals surface area contributed by atoms with Gasteiger partial charge in [-0.3, -0.25) is 13.7 Å². The van der Waals surface area contributed by atoms with E-state index >= 15 is 0 Å². The first-order valence-corrected chi connectivity index (χ1v) is 9.22. The molecule has 2 unspecified atom stereocenters. The van der Waals surface area contributed by atoms with Crippen molar-refractivity contribution in [2.75, 3.05) is 18.1 Å². The third kappa shape index (κ3) is 4.24. The van der Waals surface area contributed by atoms with Crippen molar-refractivity contribution in [3.8, 4) is 5.75 Å². The molecule has 6 nitrogen and oxygen atoms in total. The number of aromatic nitrogens is 2. The molecule has 1 amide bonds. The van der Waals surface area contributed by atoms with Gasteiger partial charge in [0.05, 0.1) is 12.2 Å². The summed E-state index contributed by atoms with van der Waals surface area (Å²) in [7, 11) is 0.699. The minimum atomic E-state index is -4.78. The van der Waals surface area contributed by atoms with Crippen molar-refractivity contribution in [3.63, 3.8) is 0 Å². The molecule has 0 N–H and O–H groups in total. The summed E-state index contributed by atoms with van der Waals surface area (Å²) in [5.74, 6) is -0.0727. The highest BCUT2D eigenvalue weighted by Crippen LogP contribution is 2.28. The van der Waals surface area contributed by atoms with E-state index in [-0.39, 0.29) is 11.5 Å². The normalized spacial score (nSPS) is 20.8. The predicted molar refractivity (Wildman–Crippen MR) is 88.0 cm³/mol. The molecule has 1 aromatic carbocycles. The third-order valence-corrected chi connectivity index (χ3v) is 5.31. The van der Waals surface area contributed by atoms with Crippen LogP contribution >= 0.6 is 0 Å². The Hall–Kier alpha value is -2.36. The molecule has 2 heterocycles. The quantitative estimate of drug-likeness (QED) is 0.811. The fraction of sp³-hybridized carbons (Fsp3) is 0.375. The summed E-state index contributed by atoms with van der Waals surface area (Å²) in [6.07, 6.45) is -1.41. The highest BCUT2D eigenvalue weighted by atomic mass is 32.2. The van der Waals surface area contributed by atoms with Gasteiger partial charge < -0.3 is 9.64 Å². The fourth-order valence-corrected chi connectivity index (χ4v) is 4.09. The van der Waals surface area contributed by atoms with Gasteiger partial charge in [-0.15, -0.1) is 13.2 Å². The summed E-state index contributed by atoms with van der Waals surface area (Å²) in [6.45, 7) is 0.297. The highest BCUT2D eigenvalue weighted by molar-refractivity contribution is 7.85. The van der Waals surface area contributed by atoms with E-state index in [0.717, 1.165) is 17.7 Å². The van der Waals surface area contributed by atoms with Crippen LogP contribution in [0.15, 0.2) is 36.7 Å². The summed E-state index contributed by atoms with van der Waals surface area (Å²) in [5, 5.41) is 4.09. The van der Waals surface area contributed by atoms with Gasteiger partial charge in [0, 0.05) is 53.2 Å². The van der Waals surface area contributed by atoms with Crippen molar-refractivity contribution < 1.29 is 26.9 Å². The van der Waals surface area contributed by atoms with Crippen LogP contribution in [0.5, 0.6) is 5.75 Å². The lowest BCUT2D eigenvalue weighted by Gasteiger charge is -2.34. The molecule has 0 saturated carbocycles. The Bertz CT molecular complexity index is 820. The van der Waals surface area contributed by atoms with Crippen LogP contribution in [0.1, 0.15) is 22.0 Å². The van der Waals surface area contributed by atoms with Gasteiger partial charge in [-0.2, -0.15) is 5.10 Å². The second-order valence-electron chi connectivity index (χ2n) is 5.84. The molecule has 2 atom stereocenters. The van der Waals surface area contributed by atoms with Gasteiger partial charge in [0.1, 0.15) is 5.75 Å². The van der Waals surface area contributed by atoms with E-state index < -0.39 is 29.0 Å². The van der Waals surface area contributed by atoms with Crippen molar-refractivity contribution in [1.29, 1.82) is 0 Å². The van der Waals surface area contributed by atoms with Crippen LogP contribution in [-0.4, -0.2) is 49.2 Å². The van der Waals surface area contributed by atoms with Crippen molar-refractivity contribution in [2.24, 2.45) is 7.05 Å². The third-order valence-electron chi connectivity index (χ3n) is 3.99. The Labute approximate surface area is 150 Å². The summed E-state index contributed by atoms with van der Waals surface area (Å²) in [4.78, 5) is 14.4. The lowest BCUT2D eigenvalue weighted by Crippen LogP contribution is -2.44. The number of carbonyl (C=O) groups excluding carboxylic acids is 1. The van der Waals surface area contributed by atoms with Gasteiger partial charge in [0.2, 0.25) is 0 Å². The van der Waals surface area contributed by atoms with Crippen molar-refractivity contribution in [1.82, 2.24) is 14.7 Å². The molecule has 2 aromatic rings. The number of hydrogen-bond acceptors (Lipinski definition) is 4. The fourth-order valence-electron chi connectivity index (χ4n) is 2.80. The number of ether oxygens (including phenoxy) is 1. The van der Waals surface area contributed by atoms with Gasteiger partial charge in [-0.25, -0.2) is 0 Å². The monoisotopic (exact) mass is 387 g/mol. The van der Waals surface area contributed by atoms with E-state index in [9.17, 15) is 22.2 Å². The summed E-state index contributed by atoms with van der Waals surface area (Å²) < 4.78 is 54.1. The van der Waals surface area contributed by atoms with Gasteiger partial charge in [-0.1, -0.05) is 0 Å². The van der Waals surface area contributed by atoms with Crippen LogP contribution in [0, 0.1) is 0 Å². The van der Waals surface area contributed by atoms with Crippen LogP contribution in [0.25, 0.3) is 0 Å². The molecule has 0 radical (unpaired) electrons. The van der Waals surface area contributed by atoms with Gasteiger partial charge in [0.25, 0.3) is 5.91 Å². The molecule has 1 aliphatic heterocycles. The number of benzene rings is 1. The first kappa shape index (κ1) is 18.4. The number of amides is 1. The van der Waals surface area contributed by atoms with Gasteiger partial charge >= 0.3 is 6.36 Å². The maximum atomic E-state index is 12.8. The molecule has 0 bridgehead atoms. The van der Waals surface area contributed by atoms with E-state index in [1.807, 2.05) is 0 Å². The smallest absolute Gasteiger partial charge is 0.406 e. The zero-order valence-corrected chi connectivity index (χ0v) is 14.6.